The van der Waals surface area contributed by atoms with Crippen LogP contribution in [0.25, 0.3) is 0 Å². The van der Waals surface area contributed by atoms with E-state index in [2.05, 4.69) is 24.1 Å². The van der Waals surface area contributed by atoms with Gasteiger partial charge in [0.25, 0.3) is 0 Å². The van der Waals surface area contributed by atoms with Crippen LogP contribution in [0.2, 0.25) is 0 Å². The third-order valence-electron chi connectivity index (χ3n) is 6.50. The summed E-state index contributed by atoms with van der Waals surface area (Å²) in [5.41, 5.74) is 0.766. The molecule has 0 spiro atoms. The van der Waals surface area contributed by atoms with Gasteiger partial charge >= 0.3 is 5.97 Å². The van der Waals surface area contributed by atoms with Crippen molar-refractivity contribution in [1.82, 2.24) is 4.90 Å². The average molecular weight is 313 g/mol. The van der Waals surface area contributed by atoms with Crippen molar-refractivity contribution in [2.45, 2.75) is 75.0 Å². The third-order valence-corrected chi connectivity index (χ3v) is 6.50. The van der Waals surface area contributed by atoms with Crippen LogP contribution >= 0.6 is 0 Å². The van der Waals surface area contributed by atoms with Crippen molar-refractivity contribution in [1.29, 1.82) is 0 Å². The highest BCUT2D eigenvalue weighted by Crippen LogP contribution is 2.43. The van der Waals surface area contributed by atoms with E-state index in [0.29, 0.717) is 12.1 Å². The van der Waals surface area contributed by atoms with Gasteiger partial charge in [0.1, 0.15) is 6.10 Å². The second-order valence-corrected chi connectivity index (χ2v) is 7.70. The van der Waals surface area contributed by atoms with Crippen molar-refractivity contribution < 1.29 is 9.53 Å². The van der Waals surface area contributed by atoms with Crippen LogP contribution < -0.4 is 0 Å². The first kappa shape index (κ1) is 15.2. The van der Waals surface area contributed by atoms with E-state index in [9.17, 15) is 4.79 Å². The molecule has 3 fully saturated rings. The van der Waals surface area contributed by atoms with Crippen LogP contribution in [0.15, 0.2) is 30.3 Å². The number of carbonyl (C=O) groups is 1. The van der Waals surface area contributed by atoms with Gasteiger partial charge in [0.05, 0.1) is 5.41 Å². The highest BCUT2D eigenvalue weighted by molar-refractivity contribution is 5.83. The lowest BCUT2D eigenvalue weighted by Gasteiger charge is -2.37. The van der Waals surface area contributed by atoms with Gasteiger partial charge in [-0.25, -0.2) is 0 Å². The first-order chi connectivity index (χ1) is 11.2. The molecule has 4 rings (SSSR count). The molecule has 1 aromatic rings. The monoisotopic (exact) mass is 313 g/mol. The Morgan fingerprint density at radius 2 is 1.70 bits per heavy atom. The van der Waals surface area contributed by atoms with Crippen molar-refractivity contribution in [2.24, 2.45) is 0 Å². The Hall–Kier alpha value is -1.35. The second-order valence-electron chi connectivity index (χ2n) is 7.70. The molecule has 2 atom stereocenters. The molecule has 3 nitrogen and oxygen atoms in total. The molecule has 1 aliphatic carbocycles. The van der Waals surface area contributed by atoms with Crippen molar-refractivity contribution in [2.75, 3.05) is 7.05 Å². The molecule has 2 aliphatic heterocycles. The van der Waals surface area contributed by atoms with Crippen molar-refractivity contribution in [3.8, 4) is 0 Å². The summed E-state index contributed by atoms with van der Waals surface area (Å²) in [5.74, 6) is 0.0372. The number of benzene rings is 1. The lowest BCUT2D eigenvalue weighted by atomic mass is 9.79. The van der Waals surface area contributed by atoms with Crippen LogP contribution in [0.5, 0.6) is 0 Å². The summed E-state index contributed by atoms with van der Waals surface area (Å²) in [7, 11) is 2.23. The Balaban J connectivity index is 1.51. The smallest absolute Gasteiger partial charge is 0.316 e. The van der Waals surface area contributed by atoms with E-state index in [1.807, 2.05) is 18.2 Å². The molecule has 1 saturated carbocycles. The van der Waals surface area contributed by atoms with E-state index in [1.54, 1.807) is 0 Å². The maximum absolute atomic E-state index is 13.1. The predicted molar refractivity (Wildman–Crippen MR) is 90.3 cm³/mol. The summed E-state index contributed by atoms with van der Waals surface area (Å²) in [6.45, 7) is 0. The summed E-state index contributed by atoms with van der Waals surface area (Å²) >= 11 is 0. The molecule has 0 N–H and O–H groups in total. The number of rotatable bonds is 3. The van der Waals surface area contributed by atoms with Crippen molar-refractivity contribution in [3.63, 3.8) is 0 Å². The lowest BCUT2D eigenvalue weighted by Crippen LogP contribution is -2.45. The zero-order valence-electron chi connectivity index (χ0n) is 14.0. The Morgan fingerprint density at radius 3 is 2.30 bits per heavy atom. The summed E-state index contributed by atoms with van der Waals surface area (Å²) in [4.78, 5) is 15.6. The lowest BCUT2D eigenvalue weighted by molar-refractivity contribution is -0.159. The molecule has 1 aromatic carbocycles. The number of fused-ring (bicyclic) bond motifs is 2. The van der Waals surface area contributed by atoms with Crippen LogP contribution in [0.3, 0.4) is 0 Å². The third kappa shape index (κ3) is 2.59. The number of carbonyl (C=O) groups excluding carboxylic acids is 1. The van der Waals surface area contributed by atoms with Gasteiger partial charge in [-0.2, -0.15) is 0 Å². The van der Waals surface area contributed by atoms with Gasteiger partial charge < -0.3 is 9.64 Å². The molecule has 0 aromatic heterocycles. The van der Waals surface area contributed by atoms with Crippen molar-refractivity contribution in [3.05, 3.63) is 35.9 Å². The number of esters is 1. The Bertz CT molecular complexity index is 550. The highest BCUT2D eigenvalue weighted by Gasteiger charge is 2.46. The predicted octanol–water partition coefficient (Wildman–Crippen LogP) is 3.67. The fourth-order valence-corrected chi connectivity index (χ4v) is 5.07. The topological polar surface area (TPSA) is 29.5 Å². The van der Waals surface area contributed by atoms with E-state index in [0.717, 1.165) is 44.1 Å². The number of nitrogens with zero attached hydrogens (tertiary/aromatic N) is 1. The number of hydrogen-bond acceptors (Lipinski definition) is 3. The average Bonchev–Trinajstić information content (AvgIpc) is 3.13. The van der Waals surface area contributed by atoms with Gasteiger partial charge in [-0.15, -0.1) is 0 Å². The van der Waals surface area contributed by atoms with Gasteiger partial charge in [0.15, 0.2) is 0 Å². The molecule has 3 aliphatic rings. The first-order valence-electron chi connectivity index (χ1n) is 9.17. The number of piperidine rings is 1. The minimum absolute atomic E-state index is 0.0372. The zero-order valence-corrected chi connectivity index (χ0v) is 14.0. The van der Waals surface area contributed by atoms with Crippen LogP contribution in [0, 0.1) is 0 Å². The molecule has 2 bridgehead atoms. The quantitative estimate of drug-likeness (QED) is 0.798. The molecule has 2 heterocycles. The Kier molecular flexibility index (Phi) is 3.92. The fraction of sp³-hybridized carbons (Fsp3) is 0.650. The summed E-state index contributed by atoms with van der Waals surface area (Å²) in [6, 6.07) is 11.5. The normalized spacial score (nSPS) is 32.8. The van der Waals surface area contributed by atoms with E-state index in [1.165, 1.54) is 12.8 Å². The molecule has 0 radical (unpaired) electrons. The largest absolute Gasteiger partial charge is 0.462 e. The maximum atomic E-state index is 13.1. The molecule has 3 heteroatoms. The summed E-state index contributed by atoms with van der Waals surface area (Å²) < 4.78 is 6.10. The van der Waals surface area contributed by atoms with E-state index < -0.39 is 0 Å². The van der Waals surface area contributed by atoms with E-state index >= 15 is 0 Å². The molecule has 23 heavy (non-hydrogen) atoms. The number of hydrogen-bond donors (Lipinski definition) is 0. The van der Waals surface area contributed by atoms with Gasteiger partial charge in [-0.1, -0.05) is 43.2 Å². The standard InChI is InChI=1S/C20H27NO2/c1-21-16-9-10-17(21)14-18(13-16)23-19(22)20(11-5-6-12-20)15-7-3-2-4-8-15/h2-4,7-8,16-18H,5-6,9-14H2,1H3. The molecule has 124 valence electrons. The summed E-state index contributed by atoms with van der Waals surface area (Å²) in [5, 5.41) is 0. The minimum atomic E-state index is -0.385. The van der Waals surface area contributed by atoms with Gasteiger partial charge in [0.2, 0.25) is 0 Å². The van der Waals surface area contributed by atoms with Gasteiger partial charge in [-0.3, -0.25) is 4.79 Å². The molecule has 0 amide bonds. The van der Waals surface area contributed by atoms with E-state index in [4.69, 9.17) is 4.74 Å². The van der Waals surface area contributed by atoms with Gasteiger partial charge in [-0.05, 0) is 51.1 Å². The van der Waals surface area contributed by atoms with E-state index in [-0.39, 0.29) is 17.5 Å². The molecular formula is C20H27NO2. The van der Waals surface area contributed by atoms with Crippen LogP contribution in [0.4, 0.5) is 0 Å². The fourth-order valence-electron chi connectivity index (χ4n) is 5.07. The Morgan fingerprint density at radius 1 is 1.09 bits per heavy atom. The van der Waals surface area contributed by atoms with Crippen LogP contribution in [0.1, 0.15) is 56.9 Å². The van der Waals surface area contributed by atoms with Crippen LogP contribution in [-0.2, 0) is 14.9 Å². The summed E-state index contributed by atoms with van der Waals surface area (Å²) in [6.07, 6.45) is 8.82. The molecule has 2 unspecified atom stereocenters. The van der Waals surface area contributed by atoms with Crippen LogP contribution in [-0.4, -0.2) is 36.1 Å². The maximum Gasteiger partial charge on any atom is 0.316 e. The zero-order chi connectivity index (χ0) is 15.9. The highest BCUT2D eigenvalue weighted by atomic mass is 16.5. The number of ether oxygens (including phenoxy) is 1. The Labute approximate surface area is 139 Å². The van der Waals surface area contributed by atoms with Gasteiger partial charge in [0, 0.05) is 12.1 Å². The van der Waals surface area contributed by atoms with Crippen molar-refractivity contribution >= 4 is 5.97 Å². The molecular weight excluding hydrogens is 286 g/mol. The second kappa shape index (κ2) is 5.94. The first-order valence-corrected chi connectivity index (χ1v) is 9.17. The SMILES string of the molecule is CN1C2CCC1CC(OC(=O)C1(c3ccccc3)CCCC1)C2. The molecule has 2 saturated heterocycles. The minimum Gasteiger partial charge on any atom is -0.462 e.